The minimum absolute atomic E-state index is 0.0714. The van der Waals surface area contributed by atoms with E-state index in [1.165, 1.54) is 18.1 Å². The first-order valence-electron chi connectivity index (χ1n) is 9.10. The summed E-state index contributed by atoms with van der Waals surface area (Å²) in [5.74, 6) is 0.276. The van der Waals surface area contributed by atoms with E-state index in [4.69, 9.17) is 9.57 Å². The van der Waals surface area contributed by atoms with Crippen molar-refractivity contribution in [3.05, 3.63) is 41.6 Å². The first kappa shape index (κ1) is 19.3. The zero-order valence-electron chi connectivity index (χ0n) is 15.8. The van der Waals surface area contributed by atoms with Crippen LogP contribution >= 0.6 is 0 Å². The quantitative estimate of drug-likeness (QED) is 0.782. The second kappa shape index (κ2) is 7.09. The molecule has 29 heavy (non-hydrogen) atoms. The summed E-state index contributed by atoms with van der Waals surface area (Å²) in [7, 11) is 1.53. The third-order valence-electron chi connectivity index (χ3n) is 5.04. The maximum atomic E-state index is 13.3. The van der Waals surface area contributed by atoms with Crippen molar-refractivity contribution in [1.29, 1.82) is 0 Å². The van der Waals surface area contributed by atoms with Crippen molar-refractivity contribution in [1.82, 2.24) is 9.78 Å². The Labute approximate surface area is 164 Å². The standard InChI is InChI=1S/C19H19F3N4O3/c1-11-9-17-25(8-7-16(19(20,21)22)26(17)23-11)18(27)15-10-13(24-29-15)12-5-3-4-6-14(12)28-2/h3-6,9,15-16H,7-8,10H2,1-2H3/t15-,16-/m1/s1. The van der Waals surface area contributed by atoms with E-state index in [-0.39, 0.29) is 25.2 Å². The second-order valence-electron chi connectivity index (χ2n) is 6.96. The summed E-state index contributed by atoms with van der Waals surface area (Å²) in [5, 5.41) is 7.97. The number of benzene rings is 1. The number of ether oxygens (including phenoxy) is 1. The van der Waals surface area contributed by atoms with Crippen molar-refractivity contribution in [2.75, 3.05) is 18.6 Å². The van der Waals surface area contributed by atoms with Crippen LogP contribution in [0.25, 0.3) is 0 Å². The molecule has 0 unspecified atom stereocenters. The van der Waals surface area contributed by atoms with Gasteiger partial charge < -0.3 is 9.57 Å². The minimum Gasteiger partial charge on any atom is -0.496 e. The third-order valence-corrected chi connectivity index (χ3v) is 5.04. The normalized spacial score (nSPS) is 21.4. The topological polar surface area (TPSA) is 69.0 Å². The lowest BCUT2D eigenvalue weighted by molar-refractivity contribution is -0.173. The molecule has 7 nitrogen and oxygen atoms in total. The van der Waals surface area contributed by atoms with Crippen molar-refractivity contribution in [3.63, 3.8) is 0 Å². The minimum atomic E-state index is -4.44. The molecule has 3 heterocycles. The largest absolute Gasteiger partial charge is 0.496 e. The van der Waals surface area contributed by atoms with Gasteiger partial charge in [-0.3, -0.25) is 9.69 Å². The summed E-state index contributed by atoms with van der Waals surface area (Å²) in [4.78, 5) is 19.7. The summed E-state index contributed by atoms with van der Waals surface area (Å²) in [5.41, 5.74) is 1.67. The lowest BCUT2D eigenvalue weighted by Gasteiger charge is -2.34. The molecule has 1 amide bonds. The van der Waals surface area contributed by atoms with Gasteiger partial charge in [-0.15, -0.1) is 0 Å². The highest BCUT2D eigenvalue weighted by Gasteiger charge is 2.47. The molecule has 2 aliphatic rings. The highest BCUT2D eigenvalue weighted by Crippen LogP contribution is 2.40. The number of rotatable bonds is 3. The lowest BCUT2D eigenvalue weighted by Crippen LogP contribution is -2.47. The summed E-state index contributed by atoms with van der Waals surface area (Å²) in [6.45, 7) is 1.52. The number of oxime groups is 1. The van der Waals surface area contributed by atoms with Crippen LogP contribution in [0, 0.1) is 6.92 Å². The van der Waals surface area contributed by atoms with Crippen LogP contribution in [0.2, 0.25) is 0 Å². The Morgan fingerprint density at radius 2 is 2.07 bits per heavy atom. The number of nitrogens with zero attached hydrogens (tertiary/aromatic N) is 4. The van der Waals surface area contributed by atoms with E-state index < -0.39 is 24.2 Å². The average Bonchev–Trinajstić information content (AvgIpc) is 3.32. The number of fused-ring (bicyclic) bond motifs is 1. The number of anilines is 1. The average molecular weight is 408 g/mol. The van der Waals surface area contributed by atoms with E-state index in [2.05, 4.69) is 10.3 Å². The van der Waals surface area contributed by atoms with Gasteiger partial charge >= 0.3 is 6.18 Å². The van der Waals surface area contributed by atoms with E-state index in [9.17, 15) is 18.0 Å². The second-order valence-corrected chi connectivity index (χ2v) is 6.96. The predicted molar refractivity (Wildman–Crippen MR) is 98.0 cm³/mol. The van der Waals surface area contributed by atoms with Crippen LogP contribution in [0.4, 0.5) is 19.0 Å². The molecule has 0 saturated carbocycles. The first-order valence-corrected chi connectivity index (χ1v) is 9.10. The fourth-order valence-electron chi connectivity index (χ4n) is 3.67. The van der Waals surface area contributed by atoms with Crippen LogP contribution in [-0.2, 0) is 9.63 Å². The highest BCUT2D eigenvalue weighted by atomic mass is 19.4. The van der Waals surface area contributed by atoms with Crippen molar-refractivity contribution >= 4 is 17.4 Å². The Balaban J connectivity index is 1.55. The number of aryl methyl sites for hydroxylation is 1. The molecule has 2 aromatic rings. The molecule has 0 bridgehead atoms. The van der Waals surface area contributed by atoms with Gasteiger partial charge in [-0.2, -0.15) is 18.3 Å². The van der Waals surface area contributed by atoms with Crippen molar-refractivity contribution in [2.45, 2.75) is 38.1 Å². The zero-order chi connectivity index (χ0) is 20.8. The van der Waals surface area contributed by atoms with Gasteiger partial charge in [0.1, 0.15) is 11.6 Å². The zero-order valence-corrected chi connectivity index (χ0v) is 15.8. The molecule has 0 aliphatic carbocycles. The van der Waals surface area contributed by atoms with Gasteiger partial charge in [-0.25, -0.2) is 4.68 Å². The SMILES string of the molecule is COc1ccccc1C1=NO[C@@H](C(=O)N2CC[C@H](C(F)(F)F)n3nc(C)cc32)C1. The molecule has 10 heteroatoms. The van der Waals surface area contributed by atoms with Gasteiger partial charge in [-0.1, -0.05) is 17.3 Å². The molecule has 4 rings (SSSR count). The molecule has 0 radical (unpaired) electrons. The van der Waals surface area contributed by atoms with E-state index >= 15 is 0 Å². The molecule has 1 aromatic carbocycles. The molecule has 0 saturated heterocycles. The number of carbonyl (C=O) groups excluding carboxylic acids is 1. The van der Waals surface area contributed by atoms with Gasteiger partial charge in [0.05, 0.1) is 18.5 Å². The number of amides is 1. The fourth-order valence-corrected chi connectivity index (χ4v) is 3.67. The molecule has 2 aliphatic heterocycles. The van der Waals surface area contributed by atoms with Crippen LogP contribution in [0.15, 0.2) is 35.5 Å². The third kappa shape index (κ3) is 3.43. The highest BCUT2D eigenvalue weighted by molar-refractivity contribution is 6.08. The van der Waals surface area contributed by atoms with E-state index in [0.29, 0.717) is 22.7 Å². The number of hydrogen-bond donors (Lipinski definition) is 0. The summed E-state index contributed by atoms with van der Waals surface area (Å²) in [6.07, 6.45) is -5.42. The Kier molecular flexibility index (Phi) is 4.71. The van der Waals surface area contributed by atoms with Crippen molar-refractivity contribution in [3.8, 4) is 5.75 Å². The van der Waals surface area contributed by atoms with Gasteiger partial charge in [0, 0.05) is 24.6 Å². The summed E-state index contributed by atoms with van der Waals surface area (Å²) < 4.78 is 46.2. The van der Waals surface area contributed by atoms with E-state index in [1.807, 2.05) is 12.1 Å². The molecule has 0 fully saturated rings. The van der Waals surface area contributed by atoms with Crippen molar-refractivity contribution in [2.24, 2.45) is 5.16 Å². The number of halogens is 3. The Morgan fingerprint density at radius 3 is 2.79 bits per heavy atom. The van der Waals surface area contributed by atoms with E-state index in [1.54, 1.807) is 19.1 Å². The molecule has 2 atom stereocenters. The van der Waals surface area contributed by atoms with Gasteiger partial charge in [0.25, 0.3) is 5.91 Å². The van der Waals surface area contributed by atoms with Crippen LogP contribution in [0.5, 0.6) is 5.75 Å². The maximum Gasteiger partial charge on any atom is 0.410 e. The first-order chi connectivity index (χ1) is 13.8. The smallest absolute Gasteiger partial charge is 0.410 e. The maximum absolute atomic E-state index is 13.3. The van der Waals surface area contributed by atoms with Gasteiger partial charge in [0.2, 0.25) is 6.10 Å². The Morgan fingerprint density at radius 1 is 1.31 bits per heavy atom. The van der Waals surface area contributed by atoms with Crippen molar-refractivity contribution < 1.29 is 27.5 Å². The number of para-hydroxylation sites is 1. The Hall–Kier alpha value is -3.04. The summed E-state index contributed by atoms with van der Waals surface area (Å²) >= 11 is 0. The van der Waals surface area contributed by atoms with Gasteiger partial charge in [0.15, 0.2) is 6.04 Å². The number of alkyl halides is 3. The number of carbonyl (C=O) groups is 1. The molecule has 1 aromatic heterocycles. The molecule has 0 spiro atoms. The number of methoxy groups -OCH3 is 1. The fraction of sp³-hybridized carbons (Fsp3) is 0.421. The monoisotopic (exact) mass is 408 g/mol. The molecule has 154 valence electrons. The number of hydrogen-bond acceptors (Lipinski definition) is 5. The van der Waals surface area contributed by atoms with Crippen LogP contribution in [-0.4, -0.2) is 47.3 Å². The number of aromatic nitrogens is 2. The summed E-state index contributed by atoms with van der Waals surface area (Å²) in [6, 6.07) is 6.94. The Bertz CT molecular complexity index is 970. The van der Waals surface area contributed by atoms with Gasteiger partial charge in [-0.05, 0) is 25.5 Å². The van der Waals surface area contributed by atoms with E-state index in [0.717, 1.165) is 4.68 Å². The predicted octanol–water partition coefficient (Wildman–Crippen LogP) is 3.23. The van der Waals surface area contributed by atoms with Crippen LogP contribution < -0.4 is 9.64 Å². The molecular weight excluding hydrogens is 389 g/mol. The lowest BCUT2D eigenvalue weighted by atomic mass is 10.0. The molecular formula is C19H19F3N4O3. The molecule has 0 N–H and O–H groups in total. The van der Waals surface area contributed by atoms with Crippen LogP contribution in [0.3, 0.4) is 0 Å². The van der Waals surface area contributed by atoms with Crippen LogP contribution in [0.1, 0.15) is 30.1 Å².